The average Bonchev–Trinajstić information content (AvgIpc) is 2.33. The van der Waals surface area contributed by atoms with Gasteiger partial charge in [0.1, 0.15) is 15.4 Å². The zero-order chi connectivity index (χ0) is 14.5. The van der Waals surface area contributed by atoms with Crippen molar-refractivity contribution in [3.8, 4) is 11.5 Å². The van der Waals surface area contributed by atoms with E-state index in [1.165, 1.54) is 13.2 Å². The van der Waals surface area contributed by atoms with E-state index in [1.54, 1.807) is 12.1 Å². The Morgan fingerprint density at radius 2 is 2.05 bits per heavy atom. The first kappa shape index (κ1) is 15.3. The van der Waals surface area contributed by atoms with E-state index in [0.29, 0.717) is 5.75 Å². The Morgan fingerprint density at radius 3 is 2.58 bits per heavy atom. The summed E-state index contributed by atoms with van der Waals surface area (Å²) in [6.07, 6.45) is 1.43. The summed E-state index contributed by atoms with van der Waals surface area (Å²) in [7, 11) is -1.64. The molecule has 0 aliphatic heterocycles. The molecular formula is C12H16O6S. The summed E-state index contributed by atoms with van der Waals surface area (Å²) in [6.45, 7) is 0.105. The summed E-state index contributed by atoms with van der Waals surface area (Å²) in [6, 6.07) is 4.53. The van der Waals surface area contributed by atoms with Gasteiger partial charge in [0, 0.05) is 6.26 Å². The van der Waals surface area contributed by atoms with Crippen LogP contribution in [0.4, 0.5) is 0 Å². The number of carboxylic acid groups (broad SMARTS) is 1. The van der Waals surface area contributed by atoms with Crippen LogP contribution in [0.5, 0.6) is 11.5 Å². The number of carboxylic acids is 1. The van der Waals surface area contributed by atoms with E-state index in [1.807, 2.05) is 0 Å². The molecule has 0 saturated heterocycles. The standard InChI is InChI=1S/C12H16O6S/c1-17-10-6-3-5-9(12(13)14)11(10)18-7-4-8-19(2,15)16/h3,5-6H,4,7-8H2,1-2H3,(H,13,14). The summed E-state index contributed by atoms with van der Waals surface area (Å²) in [4.78, 5) is 11.1. The summed E-state index contributed by atoms with van der Waals surface area (Å²) >= 11 is 0. The van der Waals surface area contributed by atoms with Gasteiger partial charge in [0.2, 0.25) is 0 Å². The molecule has 0 amide bonds. The number of rotatable bonds is 7. The lowest BCUT2D eigenvalue weighted by Crippen LogP contribution is -2.10. The molecule has 6 nitrogen and oxygen atoms in total. The van der Waals surface area contributed by atoms with E-state index in [-0.39, 0.29) is 30.1 Å². The lowest BCUT2D eigenvalue weighted by molar-refractivity contribution is 0.0691. The van der Waals surface area contributed by atoms with Gasteiger partial charge in [0.15, 0.2) is 11.5 Å². The fourth-order valence-electron chi connectivity index (χ4n) is 1.49. The van der Waals surface area contributed by atoms with Crippen LogP contribution in [0.15, 0.2) is 18.2 Å². The average molecular weight is 288 g/mol. The molecule has 1 rings (SSSR count). The molecule has 19 heavy (non-hydrogen) atoms. The SMILES string of the molecule is COc1cccc(C(=O)O)c1OCCCS(C)(=O)=O. The van der Waals surface area contributed by atoms with Gasteiger partial charge >= 0.3 is 5.97 Å². The second-order valence-electron chi connectivity index (χ2n) is 3.97. The van der Waals surface area contributed by atoms with Crippen LogP contribution < -0.4 is 9.47 Å². The Morgan fingerprint density at radius 1 is 1.37 bits per heavy atom. The highest BCUT2D eigenvalue weighted by Gasteiger charge is 2.16. The zero-order valence-electron chi connectivity index (χ0n) is 10.8. The van der Waals surface area contributed by atoms with Gasteiger partial charge in [0.25, 0.3) is 0 Å². The van der Waals surface area contributed by atoms with E-state index < -0.39 is 15.8 Å². The minimum atomic E-state index is -3.05. The van der Waals surface area contributed by atoms with Crippen molar-refractivity contribution in [2.75, 3.05) is 25.7 Å². The Hall–Kier alpha value is -1.76. The molecule has 1 aromatic carbocycles. The lowest BCUT2D eigenvalue weighted by atomic mass is 10.2. The molecule has 1 aromatic rings. The molecule has 0 aromatic heterocycles. The van der Waals surface area contributed by atoms with Crippen molar-refractivity contribution in [1.82, 2.24) is 0 Å². The fourth-order valence-corrected chi connectivity index (χ4v) is 2.13. The maximum atomic E-state index is 11.1. The van der Waals surface area contributed by atoms with Crippen molar-refractivity contribution in [2.24, 2.45) is 0 Å². The fraction of sp³-hybridized carbons (Fsp3) is 0.417. The largest absolute Gasteiger partial charge is 0.493 e. The molecule has 0 fully saturated rings. The van der Waals surface area contributed by atoms with Gasteiger partial charge < -0.3 is 14.6 Å². The molecule has 0 heterocycles. The van der Waals surface area contributed by atoms with Crippen molar-refractivity contribution in [2.45, 2.75) is 6.42 Å². The molecule has 0 spiro atoms. The third-order valence-electron chi connectivity index (χ3n) is 2.34. The Kier molecular flexibility index (Phi) is 5.17. The Balaban J connectivity index is 2.78. The number of sulfone groups is 1. The predicted octanol–water partition coefficient (Wildman–Crippen LogP) is 1.21. The monoisotopic (exact) mass is 288 g/mol. The van der Waals surface area contributed by atoms with Crippen molar-refractivity contribution < 1.29 is 27.8 Å². The van der Waals surface area contributed by atoms with Crippen LogP contribution in [0, 0.1) is 0 Å². The Labute approximate surface area is 111 Å². The highest BCUT2D eigenvalue weighted by molar-refractivity contribution is 7.90. The molecular weight excluding hydrogens is 272 g/mol. The summed E-state index contributed by atoms with van der Waals surface area (Å²) in [5, 5.41) is 9.04. The minimum Gasteiger partial charge on any atom is -0.493 e. The van der Waals surface area contributed by atoms with Crippen LogP contribution in [0.3, 0.4) is 0 Å². The topological polar surface area (TPSA) is 89.9 Å². The first-order valence-corrected chi connectivity index (χ1v) is 7.62. The van der Waals surface area contributed by atoms with E-state index >= 15 is 0 Å². The van der Waals surface area contributed by atoms with Crippen molar-refractivity contribution in [3.63, 3.8) is 0 Å². The second kappa shape index (κ2) is 6.42. The Bertz CT molecular complexity index is 549. The number of hydrogen-bond acceptors (Lipinski definition) is 5. The van der Waals surface area contributed by atoms with Gasteiger partial charge in [-0.3, -0.25) is 0 Å². The minimum absolute atomic E-state index is 0.00937. The lowest BCUT2D eigenvalue weighted by Gasteiger charge is -2.12. The van der Waals surface area contributed by atoms with Crippen LogP contribution in [0.1, 0.15) is 16.8 Å². The number of ether oxygens (including phenoxy) is 2. The van der Waals surface area contributed by atoms with Gasteiger partial charge in [-0.2, -0.15) is 0 Å². The summed E-state index contributed by atoms with van der Waals surface area (Å²) < 4.78 is 32.3. The predicted molar refractivity (Wildman–Crippen MR) is 69.8 cm³/mol. The van der Waals surface area contributed by atoms with E-state index in [2.05, 4.69) is 0 Å². The van der Waals surface area contributed by atoms with Gasteiger partial charge in [-0.15, -0.1) is 0 Å². The van der Waals surface area contributed by atoms with Crippen molar-refractivity contribution in [3.05, 3.63) is 23.8 Å². The molecule has 0 unspecified atom stereocenters. The van der Waals surface area contributed by atoms with E-state index in [9.17, 15) is 13.2 Å². The first-order valence-electron chi connectivity index (χ1n) is 5.56. The number of hydrogen-bond donors (Lipinski definition) is 1. The van der Waals surface area contributed by atoms with Crippen LogP contribution in [-0.2, 0) is 9.84 Å². The molecule has 0 radical (unpaired) electrons. The number of benzene rings is 1. The van der Waals surface area contributed by atoms with Gasteiger partial charge in [-0.25, -0.2) is 13.2 Å². The molecule has 0 bridgehead atoms. The zero-order valence-corrected chi connectivity index (χ0v) is 11.6. The maximum absolute atomic E-state index is 11.1. The number of para-hydroxylation sites is 1. The van der Waals surface area contributed by atoms with Crippen molar-refractivity contribution in [1.29, 1.82) is 0 Å². The van der Waals surface area contributed by atoms with Gasteiger partial charge in [-0.1, -0.05) is 6.07 Å². The number of carbonyl (C=O) groups is 1. The van der Waals surface area contributed by atoms with Crippen LogP contribution in [0.25, 0.3) is 0 Å². The van der Waals surface area contributed by atoms with Gasteiger partial charge in [0.05, 0.1) is 19.5 Å². The molecule has 0 atom stereocenters. The molecule has 106 valence electrons. The third-order valence-corrected chi connectivity index (χ3v) is 3.37. The number of methoxy groups -OCH3 is 1. The first-order chi connectivity index (χ1) is 8.85. The molecule has 7 heteroatoms. The molecule has 0 saturated carbocycles. The quantitative estimate of drug-likeness (QED) is 0.758. The highest BCUT2D eigenvalue weighted by Crippen LogP contribution is 2.31. The smallest absolute Gasteiger partial charge is 0.339 e. The van der Waals surface area contributed by atoms with Crippen molar-refractivity contribution >= 4 is 15.8 Å². The van der Waals surface area contributed by atoms with Crippen LogP contribution >= 0.6 is 0 Å². The molecule has 0 aliphatic carbocycles. The highest BCUT2D eigenvalue weighted by atomic mass is 32.2. The van der Waals surface area contributed by atoms with Crippen LogP contribution in [-0.4, -0.2) is 45.2 Å². The maximum Gasteiger partial charge on any atom is 0.339 e. The summed E-state index contributed by atoms with van der Waals surface area (Å²) in [5.41, 5.74) is -0.0151. The molecule has 0 aliphatic rings. The second-order valence-corrected chi connectivity index (χ2v) is 6.23. The molecule has 1 N–H and O–H groups in total. The third kappa shape index (κ3) is 4.78. The van der Waals surface area contributed by atoms with Crippen LogP contribution in [0.2, 0.25) is 0 Å². The summed E-state index contributed by atoms with van der Waals surface area (Å²) in [5.74, 6) is -0.716. The van der Waals surface area contributed by atoms with E-state index in [0.717, 1.165) is 6.26 Å². The number of aromatic carboxylic acids is 1. The normalized spacial score (nSPS) is 11.1. The van der Waals surface area contributed by atoms with E-state index in [4.69, 9.17) is 14.6 Å². The van der Waals surface area contributed by atoms with Gasteiger partial charge in [-0.05, 0) is 18.6 Å².